The van der Waals surface area contributed by atoms with Crippen LogP contribution >= 0.6 is 0 Å². The van der Waals surface area contributed by atoms with Crippen molar-refractivity contribution in [1.29, 1.82) is 0 Å². The maximum Gasteiger partial charge on any atom is 0.235 e. The van der Waals surface area contributed by atoms with Gasteiger partial charge < -0.3 is 4.57 Å². The van der Waals surface area contributed by atoms with Gasteiger partial charge in [0.2, 0.25) is 5.95 Å². The van der Waals surface area contributed by atoms with Gasteiger partial charge in [-0.2, -0.15) is 0 Å². The summed E-state index contributed by atoms with van der Waals surface area (Å²) in [5, 5.41) is 5.66. The van der Waals surface area contributed by atoms with Crippen molar-refractivity contribution in [2.75, 3.05) is 0 Å². The minimum atomic E-state index is 0.634. The zero-order valence-corrected chi connectivity index (χ0v) is 37.8. The van der Waals surface area contributed by atoms with Crippen LogP contribution < -0.4 is 0 Å². The SMILES string of the molecule is c1ccc(-c2ccc(-c3nc(-n4c5ccccc5c5ccc(-c6ccc7c(c6)c6ccccc6n7-c6ccc7nc(-c8ccccc8)c(-c8ccccc8)nc7c6)cc54)nc4ccccc34)cc2)cc1. The molecule has 6 heteroatoms. The molecule has 14 aromatic rings. The van der Waals surface area contributed by atoms with Gasteiger partial charge in [0.25, 0.3) is 0 Å². The van der Waals surface area contributed by atoms with Crippen molar-refractivity contribution in [3.63, 3.8) is 0 Å². The van der Waals surface area contributed by atoms with E-state index in [1.54, 1.807) is 0 Å². The first-order valence-electron chi connectivity index (χ1n) is 23.6. The topological polar surface area (TPSA) is 61.4 Å². The number of rotatable bonds is 7. The third-order valence-electron chi connectivity index (χ3n) is 13.7. The molecule has 0 aliphatic heterocycles. The standard InChI is InChI=1S/C64H40N6/c1-4-16-41(17-5-1)42-28-30-45(31-29-42)61-52-24-10-13-25-54(52)67-64(68-61)70-58-27-15-11-22-49(58)51-35-32-47(39-60(51)70)46-33-37-59-53(38-46)50-23-12-14-26-57(50)69(59)48-34-36-55-56(40-48)66-63(44-20-8-3-9-21-44)62(65-55)43-18-6-2-7-19-43/h1-40H. The third-order valence-corrected chi connectivity index (χ3v) is 13.7. The van der Waals surface area contributed by atoms with Crippen LogP contribution in [0.1, 0.15) is 0 Å². The molecule has 0 aliphatic rings. The van der Waals surface area contributed by atoms with E-state index in [0.29, 0.717) is 5.95 Å². The van der Waals surface area contributed by atoms with Gasteiger partial charge in [0, 0.05) is 49.3 Å². The molecule has 0 saturated heterocycles. The van der Waals surface area contributed by atoms with Crippen molar-refractivity contribution < 1.29 is 0 Å². The fourth-order valence-corrected chi connectivity index (χ4v) is 10.4. The smallest absolute Gasteiger partial charge is 0.235 e. The van der Waals surface area contributed by atoms with Gasteiger partial charge in [-0.3, -0.25) is 4.57 Å². The molecular formula is C64H40N6. The van der Waals surface area contributed by atoms with Crippen LogP contribution in [-0.2, 0) is 0 Å². The summed E-state index contributed by atoms with van der Waals surface area (Å²) in [6.07, 6.45) is 0. The van der Waals surface area contributed by atoms with Crippen LogP contribution in [-0.4, -0.2) is 29.1 Å². The van der Waals surface area contributed by atoms with Crippen LogP contribution in [0, 0.1) is 0 Å². The maximum atomic E-state index is 5.42. The molecule has 0 fully saturated rings. The molecule has 0 bridgehead atoms. The molecule has 326 valence electrons. The van der Waals surface area contributed by atoms with Crippen LogP contribution in [0.2, 0.25) is 0 Å². The second-order valence-electron chi connectivity index (χ2n) is 17.8. The Balaban J connectivity index is 0.906. The lowest BCUT2D eigenvalue weighted by atomic mass is 10.0. The molecule has 10 aromatic carbocycles. The van der Waals surface area contributed by atoms with Crippen LogP contribution in [0.3, 0.4) is 0 Å². The Hall–Kier alpha value is -9.52. The Kier molecular flexibility index (Phi) is 9.10. The van der Waals surface area contributed by atoms with E-state index in [4.69, 9.17) is 19.9 Å². The first-order chi connectivity index (χ1) is 34.7. The Morgan fingerprint density at radius 3 is 1.43 bits per heavy atom. The van der Waals surface area contributed by atoms with Crippen LogP contribution in [0.15, 0.2) is 243 Å². The van der Waals surface area contributed by atoms with Gasteiger partial charge >= 0.3 is 0 Å². The monoisotopic (exact) mass is 892 g/mol. The highest BCUT2D eigenvalue weighted by atomic mass is 15.2. The maximum absolute atomic E-state index is 5.42. The first-order valence-corrected chi connectivity index (χ1v) is 23.6. The Morgan fingerprint density at radius 2 is 0.714 bits per heavy atom. The van der Waals surface area contributed by atoms with E-state index in [9.17, 15) is 0 Å². The molecule has 0 spiro atoms. The van der Waals surface area contributed by atoms with Crippen molar-refractivity contribution >= 4 is 65.5 Å². The number of para-hydroxylation sites is 3. The predicted molar refractivity (Wildman–Crippen MR) is 288 cm³/mol. The van der Waals surface area contributed by atoms with E-state index in [1.165, 1.54) is 21.9 Å². The summed E-state index contributed by atoms with van der Waals surface area (Å²) in [5.41, 5.74) is 18.3. The van der Waals surface area contributed by atoms with Gasteiger partial charge in [-0.05, 0) is 76.9 Å². The average molecular weight is 893 g/mol. The van der Waals surface area contributed by atoms with E-state index in [-0.39, 0.29) is 0 Å². The highest BCUT2D eigenvalue weighted by Crippen LogP contribution is 2.40. The van der Waals surface area contributed by atoms with Crippen molar-refractivity contribution in [3.05, 3.63) is 243 Å². The lowest BCUT2D eigenvalue weighted by Gasteiger charge is -2.13. The van der Waals surface area contributed by atoms with Gasteiger partial charge in [-0.25, -0.2) is 19.9 Å². The van der Waals surface area contributed by atoms with Crippen molar-refractivity contribution in [2.45, 2.75) is 0 Å². The molecule has 6 nitrogen and oxygen atoms in total. The zero-order chi connectivity index (χ0) is 46.1. The summed E-state index contributed by atoms with van der Waals surface area (Å²) < 4.78 is 4.59. The van der Waals surface area contributed by atoms with Gasteiger partial charge in [0.1, 0.15) is 0 Å². The van der Waals surface area contributed by atoms with E-state index in [2.05, 4.69) is 234 Å². The number of fused-ring (bicyclic) bond motifs is 8. The second-order valence-corrected chi connectivity index (χ2v) is 17.8. The van der Waals surface area contributed by atoms with E-state index in [1.807, 2.05) is 18.2 Å². The number of nitrogens with zero attached hydrogens (tertiary/aromatic N) is 6. The fraction of sp³-hybridized carbons (Fsp3) is 0. The second kappa shape index (κ2) is 16.1. The Bertz CT molecular complexity index is 4330. The molecule has 0 N–H and O–H groups in total. The Labute approximate surface area is 403 Å². The van der Waals surface area contributed by atoms with E-state index < -0.39 is 0 Å². The minimum absolute atomic E-state index is 0.634. The lowest BCUT2D eigenvalue weighted by Crippen LogP contribution is -2.03. The number of benzene rings is 10. The minimum Gasteiger partial charge on any atom is -0.309 e. The number of aromatic nitrogens is 6. The lowest BCUT2D eigenvalue weighted by molar-refractivity contribution is 1.01. The van der Waals surface area contributed by atoms with E-state index in [0.717, 1.165) is 105 Å². The molecule has 0 unspecified atom stereocenters. The highest BCUT2D eigenvalue weighted by Gasteiger charge is 2.20. The third kappa shape index (κ3) is 6.49. The summed E-state index contributed by atoms with van der Waals surface area (Å²) in [4.78, 5) is 21.3. The first kappa shape index (κ1) is 39.6. The molecule has 4 aromatic heterocycles. The normalized spacial score (nSPS) is 11.7. The van der Waals surface area contributed by atoms with Crippen molar-refractivity contribution in [1.82, 2.24) is 29.1 Å². The molecule has 4 heterocycles. The van der Waals surface area contributed by atoms with Gasteiger partial charge in [-0.15, -0.1) is 0 Å². The van der Waals surface area contributed by atoms with Gasteiger partial charge in [0.05, 0.1) is 55.7 Å². The predicted octanol–water partition coefficient (Wildman–Crippen LogP) is 16.1. The molecular weight excluding hydrogens is 853 g/mol. The summed E-state index contributed by atoms with van der Waals surface area (Å²) >= 11 is 0. The quantitative estimate of drug-likeness (QED) is 0.160. The molecule has 14 rings (SSSR count). The molecule has 0 radical (unpaired) electrons. The summed E-state index contributed by atoms with van der Waals surface area (Å²) in [5.74, 6) is 0.634. The number of hydrogen-bond acceptors (Lipinski definition) is 4. The van der Waals surface area contributed by atoms with E-state index >= 15 is 0 Å². The zero-order valence-electron chi connectivity index (χ0n) is 37.8. The molecule has 0 amide bonds. The van der Waals surface area contributed by atoms with Crippen LogP contribution in [0.25, 0.3) is 133 Å². The highest BCUT2D eigenvalue weighted by molar-refractivity contribution is 6.12. The fourth-order valence-electron chi connectivity index (χ4n) is 10.4. The van der Waals surface area contributed by atoms with Crippen LogP contribution in [0.5, 0.6) is 0 Å². The average Bonchev–Trinajstić information content (AvgIpc) is 3.95. The molecule has 0 aliphatic carbocycles. The molecule has 70 heavy (non-hydrogen) atoms. The summed E-state index contributed by atoms with van der Waals surface area (Å²) in [6.45, 7) is 0. The number of hydrogen-bond donors (Lipinski definition) is 0. The van der Waals surface area contributed by atoms with Gasteiger partial charge in [-0.1, -0.05) is 188 Å². The molecule has 0 atom stereocenters. The summed E-state index contributed by atoms with van der Waals surface area (Å²) in [7, 11) is 0. The van der Waals surface area contributed by atoms with Crippen molar-refractivity contribution in [3.8, 4) is 67.7 Å². The van der Waals surface area contributed by atoms with Crippen molar-refractivity contribution in [2.24, 2.45) is 0 Å². The largest absolute Gasteiger partial charge is 0.309 e. The molecule has 0 saturated carbocycles. The Morgan fingerprint density at radius 1 is 0.229 bits per heavy atom. The van der Waals surface area contributed by atoms with Crippen LogP contribution in [0.4, 0.5) is 0 Å². The van der Waals surface area contributed by atoms with Gasteiger partial charge in [0.15, 0.2) is 0 Å². The summed E-state index contributed by atoms with van der Waals surface area (Å²) in [6, 6.07) is 85.6.